The van der Waals surface area contributed by atoms with Crippen molar-refractivity contribution in [2.24, 2.45) is 5.10 Å². The number of amides is 1. The molecule has 0 saturated heterocycles. The summed E-state index contributed by atoms with van der Waals surface area (Å²) in [7, 11) is -3.56. The molecule has 1 aromatic carbocycles. The van der Waals surface area contributed by atoms with Crippen molar-refractivity contribution in [2.45, 2.75) is 51.9 Å². The molecule has 1 fully saturated rings. The van der Waals surface area contributed by atoms with Gasteiger partial charge in [-0.25, -0.2) is 13.8 Å². The molecule has 0 atom stereocenters. The molecule has 1 N–H and O–H groups in total. The molecule has 0 unspecified atom stereocenters. The van der Waals surface area contributed by atoms with E-state index in [1.54, 1.807) is 18.2 Å². The molecule has 0 aliphatic heterocycles. The van der Waals surface area contributed by atoms with Crippen LogP contribution in [-0.2, 0) is 14.8 Å². The smallest absolute Gasteiger partial charge is 0.260 e. The highest BCUT2D eigenvalue weighted by Crippen LogP contribution is 2.18. The van der Waals surface area contributed by atoms with Crippen LogP contribution in [0.2, 0.25) is 0 Å². The average Bonchev–Trinajstić information content (AvgIpc) is 2.50. The van der Waals surface area contributed by atoms with E-state index in [1.165, 1.54) is 19.3 Å². The number of hydrazone groups is 1. The van der Waals surface area contributed by atoms with Crippen molar-refractivity contribution in [3.8, 4) is 0 Å². The first kappa shape index (κ1) is 19.4. The second-order valence-electron chi connectivity index (χ2n) is 6.59. The lowest BCUT2D eigenvalue weighted by molar-refractivity contribution is -0.119. The van der Waals surface area contributed by atoms with Crippen molar-refractivity contribution in [1.29, 1.82) is 0 Å². The van der Waals surface area contributed by atoms with Crippen LogP contribution in [-0.4, -0.2) is 32.8 Å². The van der Waals surface area contributed by atoms with E-state index < -0.39 is 15.9 Å². The molecule has 7 heteroatoms. The summed E-state index contributed by atoms with van der Waals surface area (Å²) in [5.74, 6) is -0.429. The van der Waals surface area contributed by atoms with E-state index in [4.69, 9.17) is 0 Å². The van der Waals surface area contributed by atoms with Crippen LogP contribution in [0, 0.1) is 6.92 Å². The van der Waals surface area contributed by atoms with E-state index >= 15 is 0 Å². The second kappa shape index (κ2) is 8.99. The van der Waals surface area contributed by atoms with Crippen LogP contribution in [0.5, 0.6) is 0 Å². The van der Waals surface area contributed by atoms with Gasteiger partial charge in [0.25, 0.3) is 5.91 Å². The molecule has 1 amide bonds. The third-order valence-corrected chi connectivity index (χ3v) is 5.39. The number of anilines is 1. The van der Waals surface area contributed by atoms with Gasteiger partial charge in [0.15, 0.2) is 0 Å². The molecule has 0 radical (unpaired) electrons. The number of aryl methyl sites for hydroxylation is 1. The van der Waals surface area contributed by atoms with Crippen LogP contribution in [0.4, 0.5) is 5.69 Å². The summed E-state index contributed by atoms with van der Waals surface area (Å²) in [5.41, 5.74) is 4.94. The first-order chi connectivity index (χ1) is 11.9. The zero-order valence-corrected chi connectivity index (χ0v) is 15.8. The maximum Gasteiger partial charge on any atom is 0.260 e. The number of nitrogens with zero attached hydrogens (tertiary/aromatic N) is 2. The predicted octanol–water partition coefficient (Wildman–Crippen LogP) is 2.98. The topological polar surface area (TPSA) is 78.8 Å². The Kier molecular flexibility index (Phi) is 6.99. The number of benzene rings is 1. The number of hydrogen-bond donors (Lipinski definition) is 1. The van der Waals surface area contributed by atoms with Gasteiger partial charge in [-0.3, -0.25) is 9.10 Å². The van der Waals surface area contributed by atoms with Gasteiger partial charge in [0.05, 0.1) is 11.9 Å². The van der Waals surface area contributed by atoms with Gasteiger partial charge in [0.2, 0.25) is 10.0 Å². The van der Waals surface area contributed by atoms with Crippen LogP contribution < -0.4 is 9.73 Å². The van der Waals surface area contributed by atoms with E-state index in [0.29, 0.717) is 5.69 Å². The summed E-state index contributed by atoms with van der Waals surface area (Å²) in [6.07, 6.45) is 8.73. The van der Waals surface area contributed by atoms with Gasteiger partial charge in [-0.1, -0.05) is 31.4 Å². The van der Waals surface area contributed by atoms with Crippen molar-refractivity contribution in [1.82, 2.24) is 5.43 Å². The summed E-state index contributed by atoms with van der Waals surface area (Å²) in [6.45, 7) is 1.60. The summed E-state index contributed by atoms with van der Waals surface area (Å²) in [4.78, 5) is 12.2. The molecule has 25 heavy (non-hydrogen) atoms. The van der Waals surface area contributed by atoms with E-state index in [1.807, 2.05) is 13.0 Å². The normalized spacial score (nSPS) is 15.8. The summed E-state index contributed by atoms with van der Waals surface area (Å²) >= 11 is 0. The molecule has 0 spiro atoms. The van der Waals surface area contributed by atoms with Crippen LogP contribution in [0.1, 0.15) is 50.5 Å². The Labute approximate surface area is 150 Å². The van der Waals surface area contributed by atoms with Crippen LogP contribution in [0.15, 0.2) is 29.4 Å². The van der Waals surface area contributed by atoms with Gasteiger partial charge in [0, 0.05) is 5.71 Å². The van der Waals surface area contributed by atoms with Crippen molar-refractivity contribution >= 4 is 27.3 Å². The van der Waals surface area contributed by atoms with Crippen molar-refractivity contribution < 1.29 is 13.2 Å². The fourth-order valence-electron chi connectivity index (χ4n) is 2.92. The highest BCUT2D eigenvalue weighted by Gasteiger charge is 2.21. The average molecular weight is 365 g/mol. The number of carbonyl (C=O) groups is 1. The van der Waals surface area contributed by atoms with E-state index in [2.05, 4.69) is 10.5 Å². The zero-order chi connectivity index (χ0) is 18.3. The number of hydrogen-bond acceptors (Lipinski definition) is 4. The minimum Gasteiger partial charge on any atom is -0.271 e. The SMILES string of the molecule is Cc1cccc(N(CC(=O)NN=C2CCCCCCC2)S(C)(=O)=O)c1. The minimum absolute atomic E-state index is 0.279. The molecule has 6 nitrogen and oxygen atoms in total. The molecule has 1 aliphatic carbocycles. The standard InChI is InChI=1S/C18H27N3O3S/c1-15-9-8-12-17(13-15)21(25(2,23)24)14-18(22)20-19-16-10-6-4-3-5-7-11-16/h8-9,12-13H,3-7,10-11,14H2,1-2H3,(H,20,22). The summed E-state index contributed by atoms with van der Waals surface area (Å²) < 4.78 is 25.3. The third-order valence-electron chi connectivity index (χ3n) is 4.25. The van der Waals surface area contributed by atoms with Gasteiger partial charge in [-0.05, 0) is 50.3 Å². The number of rotatable bonds is 5. The first-order valence-corrected chi connectivity index (χ1v) is 10.6. The molecule has 1 aromatic rings. The van der Waals surface area contributed by atoms with Gasteiger partial charge in [0.1, 0.15) is 6.54 Å². The van der Waals surface area contributed by atoms with Gasteiger partial charge >= 0.3 is 0 Å². The highest BCUT2D eigenvalue weighted by atomic mass is 32.2. The quantitative estimate of drug-likeness (QED) is 0.815. The molecule has 0 aromatic heterocycles. The third kappa shape index (κ3) is 6.49. The predicted molar refractivity (Wildman–Crippen MR) is 101 cm³/mol. The molecule has 138 valence electrons. The fourth-order valence-corrected chi connectivity index (χ4v) is 3.76. The molecule has 2 rings (SSSR count). The molecular weight excluding hydrogens is 338 g/mol. The lowest BCUT2D eigenvalue weighted by Gasteiger charge is -2.21. The van der Waals surface area contributed by atoms with Crippen molar-refractivity contribution in [2.75, 3.05) is 17.1 Å². The Balaban J connectivity index is 2.04. The maximum absolute atomic E-state index is 12.2. The second-order valence-corrected chi connectivity index (χ2v) is 8.50. The lowest BCUT2D eigenvalue weighted by atomic mass is 9.99. The summed E-state index contributed by atoms with van der Waals surface area (Å²) in [5, 5.41) is 4.23. The highest BCUT2D eigenvalue weighted by molar-refractivity contribution is 7.92. The van der Waals surface area contributed by atoms with Crippen LogP contribution in [0.25, 0.3) is 0 Å². The summed E-state index contributed by atoms with van der Waals surface area (Å²) in [6, 6.07) is 7.08. The zero-order valence-electron chi connectivity index (χ0n) is 15.0. The molecule has 1 aliphatic rings. The van der Waals surface area contributed by atoms with E-state index in [0.717, 1.165) is 47.5 Å². The number of nitrogens with one attached hydrogen (secondary N) is 1. The van der Waals surface area contributed by atoms with Gasteiger partial charge in [-0.2, -0.15) is 5.10 Å². The number of carbonyl (C=O) groups excluding carboxylic acids is 1. The van der Waals surface area contributed by atoms with Crippen LogP contribution in [0.3, 0.4) is 0 Å². The monoisotopic (exact) mass is 365 g/mol. The van der Waals surface area contributed by atoms with Crippen molar-refractivity contribution in [3.05, 3.63) is 29.8 Å². The fraction of sp³-hybridized carbons (Fsp3) is 0.556. The number of sulfonamides is 1. The van der Waals surface area contributed by atoms with E-state index in [9.17, 15) is 13.2 Å². The van der Waals surface area contributed by atoms with Gasteiger partial charge < -0.3 is 0 Å². The van der Waals surface area contributed by atoms with Gasteiger partial charge in [-0.15, -0.1) is 0 Å². The largest absolute Gasteiger partial charge is 0.271 e. The Morgan fingerprint density at radius 1 is 1.16 bits per heavy atom. The lowest BCUT2D eigenvalue weighted by Crippen LogP contribution is -2.39. The van der Waals surface area contributed by atoms with E-state index in [-0.39, 0.29) is 6.54 Å². The molecule has 0 heterocycles. The van der Waals surface area contributed by atoms with Crippen LogP contribution >= 0.6 is 0 Å². The Morgan fingerprint density at radius 2 is 1.80 bits per heavy atom. The first-order valence-electron chi connectivity index (χ1n) is 8.75. The minimum atomic E-state index is -3.56. The Morgan fingerprint density at radius 3 is 2.40 bits per heavy atom. The van der Waals surface area contributed by atoms with Crippen molar-refractivity contribution in [3.63, 3.8) is 0 Å². The molecule has 1 saturated carbocycles. The maximum atomic E-state index is 12.2. The molecular formula is C18H27N3O3S. The molecule has 0 bridgehead atoms. The Hall–Kier alpha value is -1.89. The Bertz CT molecular complexity index is 719.